The van der Waals surface area contributed by atoms with E-state index in [9.17, 15) is 9.90 Å². The van der Waals surface area contributed by atoms with E-state index in [1.54, 1.807) is 7.05 Å². The Kier molecular flexibility index (Phi) is 5.73. The molecule has 6 heteroatoms. The van der Waals surface area contributed by atoms with Gasteiger partial charge in [0.2, 0.25) is 5.88 Å². The molecule has 2 heterocycles. The molecular weight excluding hydrogens is 348 g/mol. The summed E-state index contributed by atoms with van der Waals surface area (Å²) < 4.78 is 7.04. The molecule has 0 unspecified atom stereocenters. The second-order valence-electron chi connectivity index (χ2n) is 6.10. The van der Waals surface area contributed by atoms with E-state index < -0.39 is 0 Å². The van der Waals surface area contributed by atoms with Crippen LogP contribution in [0.4, 0.5) is 0 Å². The first-order valence-corrected chi connectivity index (χ1v) is 9.41. The van der Waals surface area contributed by atoms with E-state index >= 15 is 0 Å². The SMILES string of the molecule is CCc1ccc(CCOc2ccc(Cc3sc(=O)n(C)c3O)cc2)nc1. The standard InChI is InChI=1S/C20H22N2O3S/c1-3-14-4-7-16(21-13-14)10-11-25-17-8-5-15(6-9-17)12-18-19(23)22(2)20(24)26-18/h4-9,13,23H,3,10-12H2,1-2H3. The van der Waals surface area contributed by atoms with Crippen LogP contribution in [0.1, 0.15) is 28.6 Å². The molecule has 1 aromatic carbocycles. The molecule has 0 atom stereocenters. The molecule has 0 aliphatic rings. The van der Waals surface area contributed by atoms with Crippen LogP contribution < -0.4 is 9.61 Å². The van der Waals surface area contributed by atoms with Crippen molar-refractivity contribution in [2.45, 2.75) is 26.2 Å². The molecule has 3 aromatic rings. The van der Waals surface area contributed by atoms with E-state index in [-0.39, 0.29) is 10.8 Å². The molecule has 0 radical (unpaired) electrons. The maximum absolute atomic E-state index is 11.6. The minimum atomic E-state index is -0.155. The molecule has 0 saturated heterocycles. The van der Waals surface area contributed by atoms with Crippen molar-refractivity contribution in [3.05, 3.63) is 74.0 Å². The average molecular weight is 370 g/mol. The van der Waals surface area contributed by atoms with Crippen molar-refractivity contribution < 1.29 is 9.84 Å². The van der Waals surface area contributed by atoms with Gasteiger partial charge in [0.15, 0.2) is 0 Å². The number of hydrogen-bond donors (Lipinski definition) is 1. The number of aromatic hydroxyl groups is 1. The summed E-state index contributed by atoms with van der Waals surface area (Å²) in [5, 5.41) is 9.93. The Morgan fingerprint density at radius 3 is 2.46 bits per heavy atom. The summed E-state index contributed by atoms with van der Waals surface area (Å²) in [6, 6.07) is 11.9. The molecule has 0 aliphatic heterocycles. The fourth-order valence-electron chi connectivity index (χ4n) is 2.58. The lowest BCUT2D eigenvalue weighted by atomic mass is 10.1. The molecule has 2 aromatic heterocycles. The van der Waals surface area contributed by atoms with Crippen molar-refractivity contribution in [1.82, 2.24) is 9.55 Å². The second-order valence-corrected chi connectivity index (χ2v) is 7.15. The summed E-state index contributed by atoms with van der Waals surface area (Å²) in [7, 11) is 1.57. The minimum Gasteiger partial charge on any atom is -0.494 e. The number of pyridine rings is 1. The maximum Gasteiger partial charge on any atom is 0.309 e. The van der Waals surface area contributed by atoms with Crippen LogP contribution >= 0.6 is 11.3 Å². The Hall–Kier alpha value is -2.60. The number of hydrogen-bond acceptors (Lipinski definition) is 5. The second kappa shape index (κ2) is 8.19. The van der Waals surface area contributed by atoms with Crippen LogP contribution in [0.3, 0.4) is 0 Å². The molecule has 26 heavy (non-hydrogen) atoms. The number of benzene rings is 1. The fraction of sp³-hybridized carbons (Fsp3) is 0.300. The molecule has 0 spiro atoms. The number of thiazole rings is 1. The molecule has 0 fully saturated rings. The van der Waals surface area contributed by atoms with Crippen molar-refractivity contribution >= 4 is 11.3 Å². The van der Waals surface area contributed by atoms with Gasteiger partial charge in [-0.1, -0.05) is 36.5 Å². The molecule has 3 rings (SSSR count). The third-order valence-corrected chi connectivity index (χ3v) is 5.28. The zero-order valence-electron chi connectivity index (χ0n) is 14.9. The predicted octanol–water partition coefficient (Wildman–Crippen LogP) is 3.32. The summed E-state index contributed by atoms with van der Waals surface area (Å²) in [5.41, 5.74) is 3.28. The highest BCUT2D eigenvalue weighted by molar-refractivity contribution is 7.09. The van der Waals surface area contributed by atoms with Crippen LogP contribution in [0.15, 0.2) is 47.4 Å². The zero-order valence-corrected chi connectivity index (χ0v) is 15.8. The summed E-state index contributed by atoms with van der Waals surface area (Å²) in [6.07, 6.45) is 4.20. The first-order chi connectivity index (χ1) is 12.6. The molecule has 1 N–H and O–H groups in total. The number of rotatable bonds is 7. The number of aryl methyl sites for hydroxylation is 1. The number of ether oxygens (including phenoxy) is 1. The molecule has 0 saturated carbocycles. The van der Waals surface area contributed by atoms with E-state index in [4.69, 9.17) is 4.74 Å². The predicted molar refractivity (Wildman–Crippen MR) is 103 cm³/mol. The van der Waals surface area contributed by atoms with Gasteiger partial charge in [-0.2, -0.15) is 0 Å². The lowest BCUT2D eigenvalue weighted by Crippen LogP contribution is -2.05. The van der Waals surface area contributed by atoms with Crippen LogP contribution in [0.2, 0.25) is 0 Å². The maximum atomic E-state index is 11.6. The largest absolute Gasteiger partial charge is 0.494 e. The van der Waals surface area contributed by atoms with Gasteiger partial charge in [-0.15, -0.1) is 0 Å². The molecule has 0 bridgehead atoms. The van der Waals surface area contributed by atoms with E-state index in [2.05, 4.69) is 18.0 Å². The van der Waals surface area contributed by atoms with E-state index in [0.717, 1.165) is 41.2 Å². The summed E-state index contributed by atoms with van der Waals surface area (Å²) >= 11 is 1.07. The minimum absolute atomic E-state index is 0.0434. The van der Waals surface area contributed by atoms with Crippen molar-refractivity contribution in [1.29, 1.82) is 0 Å². The van der Waals surface area contributed by atoms with Crippen LogP contribution in [-0.2, 0) is 26.3 Å². The van der Waals surface area contributed by atoms with Gasteiger partial charge in [-0.3, -0.25) is 14.3 Å². The van der Waals surface area contributed by atoms with Gasteiger partial charge >= 0.3 is 4.87 Å². The third-order valence-electron chi connectivity index (χ3n) is 4.26. The fourth-order valence-corrected chi connectivity index (χ4v) is 3.48. The first kappa shape index (κ1) is 18.2. The Morgan fingerprint density at radius 2 is 1.88 bits per heavy atom. The quantitative estimate of drug-likeness (QED) is 0.693. The van der Waals surface area contributed by atoms with Gasteiger partial charge in [0.25, 0.3) is 0 Å². The van der Waals surface area contributed by atoms with Crippen LogP contribution in [-0.4, -0.2) is 21.3 Å². The van der Waals surface area contributed by atoms with Crippen LogP contribution in [0.5, 0.6) is 11.6 Å². The molecule has 0 amide bonds. The molecule has 0 aliphatic carbocycles. The lowest BCUT2D eigenvalue weighted by Gasteiger charge is -2.07. The van der Waals surface area contributed by atoms with Crippen LogP contribution in [0, 0.1) is 0 Å². The highest BCUT2D eigenvalue weighted by atomic mass is 32.1. The van der Waals surface area contributed by atoms with Crippen molar-refractivity contribution in [2.24, 2.45) is 7.05 Å². The lowest BCUT2D eigenvalue weighted by molar-refractivity contribution is 0.320. The zero-order chi connectivity index (χ0) is 18.5. The Morgan fingerprint density at radius 1 is 1.15 bits per heavy atom. The number of aromatic nitrogens is 2. The smallest absolute Gasteiger partial charge is 0.309 e. The highest BCUT2D eigenvalue weighted by Crippen LogP contribution is 2.23. The Labute approximate surface area is 156 Å². The topological polar surface area (TPSA) is 64.3 Å². The number of nitrogens with zero attached hydrogens (tertiary/aromatic N) is 2. The highest BCUT2D eigenvalue weighted by Gasteiger charge is 2.11. The Bertz CT molecular complexity index is 912. The summed E-state index contributed by atoms with van der Waals surface area (Å²) in [6.45, 7) is 2.68. The molecule has 5 nitrogen and oxygen atoms in total. The molecule has 136 valence electrons. The van der Waals surface area contributed by atoms with Gasteiger partial charge in [-0.25, -0.2) is 0 Å². The van der Waals surface area contributed by atoms with E-state index in [1.807, 2.05) is 36.5 Å². The third kappa shape index (κ3) is 4.32. The van der Waals surface area contributed by atoms with Gasteiger partial charge < -0.3 is 9.84 Å². The van der Waals surface area contributed by atoms with Gasteiger partial charge in [-0.05, 0) is 35.7 Å². The normalized spacial score (nSPS) is 10.8. The Balaban J connectivity index is 1.54. The van der Waals surface area contributed by atoms with E-state index in [1.165, 1.54) is 10.1 Å². The van der Waals surface area contributed by atoms with Gasteiger partial charge in [0.1, 0.15) is 5.75 Å². The first-order valence-electron chi connectivity index (χ1n) is 8.60. The van der Waals surface area contributed by atoms with Crippen molar-refractivity contribution in [2.75, 3.05) is 6.61 Å². The summed E-state index contributed by atoms with van der Waals surface area (Å²) in [4.78, 5) is 16.5. The monoisotopic (exact) mass is 370 g/mol. The van der Waals surface area contributed by atoms with Gasteiger partial charge in [0.05, 0.1) is 11.5 Å². The van der Waals surface area contributed by atoms with Crippen molar-refractivity contribution in [3.63, 3.8) is 0 Å². The van der Waals surface area contributed by atoms with Crippen molar-refractivity contribution in [3.8, 4) is 11.6 Å². The average Bonchev–Trinajstić information content (AvgIpc) is 2.90. The molecular formula is C20H22N2O3S. The van der Waals surface area contributed by atoms with Crippen LogP contribution in [0.25, 0.3) is 0 Å². The van der Waals surface area contributed by atoms with E-state index in [0.29, 0.717) is 17.9 Å². The van der Waals surface area contributed by atoms with Gasteiger partial charge in [0, 0.05) is 31.8 Å². The summed E-state index contributed by atoms with van der Waals surface area (Å²) in [5.74, 6) is 0.839.